The lowest BCUT2D eigenvalue weighted by molar-refractivity contribution is -0.117. The fourth-order valence-electron chi connectivity index (χ4n) is 3.35. The summed E-state index contributed by atoms with van der Waals surface area (Å²) < 4.78 is 27.1. The van der Waals surface area contributed by atoms with Crippen LogP contribution in [0.4, 0.5) is 5.69 Å². The molecule has 1 aromatic rings. The van der Waals surface area contributed by atoms with Crippen LogP contribution in [-0.4, -0.2) is 56.3 Å². The number of carbonyl (C=O) groups excluding carboxylic acids is 1. The molecule has 2 aliphatic heterocycles. The average molecular weight is 386 g/mol. The van der Waals surface area contributed by atoms with E-state index in [-0.39, 0.29) is 10.8 Å². The van der Waals surface area contributed by atoms with Crippen LogP contribution in [0, 0.1) is 0 Å². The van der Waals surface area contributed by atoms with E-state index in [0.717, 1.165) is 45.2 Å². The van der Waals surface area contributed by atoms with Gasteiger partial charge >= 0.3 is 0 Å². The molecule has 2 saturated heterocycles. The Bertz CT molecular complexity index is 727. The third kappa shape index (κ3) is 4.53. The predicted octanol–water partition coefficient (Wildman–Crippen LogP) is 2.55. The summed E-state index contributed by atoms with van der Waals surface area (Å²) in [6, 6.07) is 4.50. The first kappa shape index (κ1) is 18.6. The van der Waals surface area contributed by atoms with Gasteiger partial charge in [0.05, 0.1) is 22.2 Å². The zero-order valence-electron chi connectivity index (χ0n) is 14.2. The lowest BCUT2D eigenvalue weighted by atomic mass is 10.2. The molecule has 0 bridgehead atoms. The van der Waals surface area contributed by atoms with Gasteiger partial charge in [-0.25, -0.2) is 8.42 Å². The first-order valence-electron chi connectivity index (χ1n) is 8.79. The number of nitrogens with zero attached hydrogens (tertiary/aromatic N) is 2. The summed E-state index contributed by atoms with van der Waals surface area (Å²) in [5, 5.41) is 3.10. The minimum Gasteiger partial charge on any atom is -0.324 e. The van der Waals surface area contributed by atoms with E-state index in [1.807, 2.05) is 0 Å². The van der Waals surface area contributed by atoms with Crippen molar-refractivity contribution in [3.8, 4) is 0 Å². The highest BCUT2D eigenvalue weighted by Gasteiger charge is 2.26. The fourth-order valence-corrected chi connectivity index (χ4v) is 5.06. The van der Waals surface area contributed by atoms with E-state index in [9.17, 15) is 13.2 Å². The van der Waals surface area contributed by atoms with Gasteiger partial charge in [0.1, 0.15) is 0 Å². The minimum absolute atomic E-state index is 0.170. The van der Waals surface area contributed by atoms with E-state index in [1.165, 1.54) is 22.5 Å². The number of hydrogen-bond donors (Lipinski definition) is 1. The van der Waals surface area contributed by atoms with Crippen molar-refractivity contribution >= 4 is 33.2 Å². The average Bonchev–Trinajstić information content (AvgIpc) is 3.10. The molecule has 0 radical (unpaired) electrons. The molecule has 1 N–H and O–H groups in total. The molecule has 0 aromatic heterocycles. The SMILES string of the molecule is O=C(CN1CCCC1)Nc1cc(S(=O)(=O)N2CCCCC2)ccc1Cl. The molecule has 6 nitrogen and oxygen atoms in total. The van der Waals surface area contributed by atoms with Crippen LogP contribution in [0.5, 0.6) is 0 Å². The van der Waals surface area contributed by atoms with Crippen LogP contribution in [0.3, 0.4) is 0 Å². The van der Waals surface area contributed by atoms with Crippen LogP contribution in [-0.2, 0) is 14.8 Å². The van der Waals surface area contributed by atoms with Crippen LogP contribution in [0.25, 0.3) is 0 Å². The zero-order chi connectivity index (χ0) is 17.9. The Labute approximate surface area is 154 Å². The molecule has 0 atom stereocenters. The van der Waals surface area contributed by atoms with Crippen LogP contribution in [0.2, 0.25) is 5.02 Å². The number of halogens is 1. The molecule has 0 aliphatic carbocycles. The molecule has 138 valence electrons. The number of amides is 1. The van der Waals surface area contributed by atoms with Gasteiger partial charge in [-0.3, -0.25) is 9.69 Å². The predicted molar refractivity (Wildman–Crippen MR) is 98.4 cm³/mol. The zero-order valence-corrected chi connectivity index (χ0v) is 15.8. The highest BCUT2D eigenvalue weighted by atomic mass is 35.5. The molecule has 8 heteroatoms. The highest BCUT2D eigenvalue weighted by molar-refractivity contribution is 7.89. The molecular formula is C17H24ClN3O3S. The molecule has 2 aliphatic rings. The van der Waals surface area contributed by atoms with Crippen molar-refractivity contribution in [2.24, 2.45) is 0 Å². The van der Waals surface area contributed by atoms with Crippen molar-refractivity contribution in [1.29, 1.82) is 0 Å². The van der Waals surface area contributed by atoms with Gasteiger partial charge in [-0.05, 0) is 57.0 Å². The lowest BCUT2D eigenvalue weighted by Crippen LogP contribution is -2.35. The number of carbonyl (C=O) groups is 1. The highest BCUT2D eigenvalue weighted by Crippen LogP contribution is 2.28. The van der Waals surface area contributed by atoms with Crippen molar-refractivity contribution in [3.05, 3.63) is 23.2 Å². The summed E-state index contributed by atoms with van der Waals surface area (Å²) in [4.78, 5) is 14.5. The van der Waals surface area contributed by atoms with Crippen molar-refractivity contribution in [3.63, 3.8) is 0 Å². The third-order valence-corrected chi connectivity index (χ3v) is 6.95. The maximum absolute atomic E-state index is 12.8. The Morgan fingerprint density at radius 2 is 1.68 bits per heavy atom. The maximum Gasteiger partial charge on any atom is 0.243 e. The van der Waals surface area contributed by atoms with E-state index in [0.29, 0.717) is 30.3 Å². The van der Waals surface area contributed by atoms with Crippen LogP contribution in [0.15, 0.2) is 23.1 Å². The van der Waals surface area contributed by atoms with Crippen LogP contribution in [0.1, 0.15) is 32.1 Å². The van der Waals surface area contributed by atoms with Crippen molar-refractivity contribution in [2.75, 3.05) is 38.0 Å². The summed E-state index contributed by atoms with van der Waals surface area (Å²) in [6.07, 6.45) is 5.04. The van der Waals surface area contributed by atoms with E-state index < -0.39 is 10.0 Å². The van der Waals surface area contributed by atoms with Gasteiger partial charge < -0.3 is 5.32 Å². The topological polar surface area (TPSA) is 69.7 Å². The van der Waals surface area contributed by atoms with Crippen LogP contribution >= 0.6 is 11.6 Å². The first-order valence-corrected chi connectivity index (χ1v) is 10.6. The van der Waals surface area contributed by atoms with Crippen molar-refractivity contribution < 1.29 is 13.2 Å². The Morgan fingerprint density at radius 1 is 1.04 bits per heavy atom. The summed E-state index contributed by atoms with van der Waals surface area (Å²) in [7, 11) is -3.55. The quantitative estimate of drug-likeness (QED) is 0.845. The van der Waals surface area contributed by atoms with Crippen LogP contribution < -0.4 is 5.32 Å². The number of sulfonamides is 1. The normalized spacial score (nSPS) is 19.9. The molecule has 1 aromatic carbocycles. The number of rotatable bonds is 5. The molecule has 0 spiro atoms. The van der Waals surface area contributed by atoms with Gasteiger partial charge in [-0.15, -0.1) is 0 Å². The second-order valence-corrected chi connectivity index (χ2v) is 8.98. The monoisotopic (exact) mass is 385 g/mol. The number of anilines is 1. The maximum atomic E-state index is 12.8. The second-order valence-electron chi connectivity index (χ2n) is 6.64. The van der Waals surface area contributed by atoms with Gasteiger partial charge in [-0.1, -0.05) is 18.0 Å². The molecule has 25 heavy (non-hydrogen) atoms. The molecule has 0 saturated carbocycles. The van der Waals surface area contributed by atoms with Gasteiger partial charge in [0.25, 0.3) is 0 Å². The second kappa shape index (κ2) is 8.03. The van der Waals surface area contributed by atoms with E-state index in [4.69, 9.17) is 11.6 Å². The summed E-state index contributed by atoms with van der Waals surface area (Å²) in [6.45, 7) is 3.23. The molecule has 1 amide bonds. The summed E-state index contributed by atoms with van der Waals surface area (Å²) >= 11 is 6.16. The van der Waals surface area contributed by atoms with Crippen molar-refractivity contribution in [2.45, 2.75) is 37.0 Å². The van der Waals surface area contributed by atoms with Gasteiger partial charge in [0.2, 0.25) is 15.9 Å². The number of likely N-dealkylation sites (tertiary alicyclic amines) is 1. The standard InChI is InChI=1S/C17H24ClN3O3S/c18-15-7-6-14(25(23,24)21-10-2-1-3-11-21)12-16(15)19-17(22)13-20-8-4-5-9-20/h6-7,12H,1-5,8-11,13H2,(H,19,22). The summed E-state index contributed by atoms with van der Waals surface area (Å²) in [5.41, 5.74) is 0.351. The van der Waals surface area contributed by atoms with Crippen molar-refractivity contribution in [1.82, 2.24) is 9.21 Å². The first-order chi connectivity index (χ1) is 12.0. The van der Waals surface area contributed by atoms with E-state index >= 15 is 0 Å². The molecule has 2 fully saturated rings. The Balaban J connectivity index is 1.74. The minimum atomic E-state index is -3.55. The van der Waals surface area contributed by atoms with E-state index in [1.54, 1.807) is 0 Å². The lowest BCUT2D eigenvalue weighted by Gasteiger charge is -2.26. The molecule has 2 heterocycles. The van der Waals surface area contributed by atoms with Gasteiger partial charge in [0, 0.05) is 13.1 Å². The smallest absolute Gasteiger partial charge is 0.243 e. The summed E-state index contributed by atoms with van der Waals surface area (Å²) in [5.74, 6) is -0.170. The molecular weight excluding hydrogens is 362 g/mol. The van der Waals surface area contributed by atoms with E-state index in [2.05, 4.69) is 10.2 Å². The Morgan fingerprint density at radius 3 is 2.36 bits per heavy atom. The fraction of sp³-hybridized carbons (Fsp3) is 0.588. The number of hydrogen-bond acceptors (Lipinski definition) is 4. The molecule has 0 unspecified atom stereocenters. The number of benzene rings is 1. The van der Waals surface area contributed by atoms with Gasteiger partial charge in [-0.2, -0.15) is 4.31 Å². The third-order valence-electron chi connectivity index (χ3n) is 4.73. The Kier molecular flexibility index (Phi) is 5.99. The molecule has 3 rings (SSSR count). The largest absolute Gasteiger partial charge is 0.324 e. The number of piperidine rings is 1. The Hall–Kier alpha value is -1.15. The van der Waals surface area contributed by atoms with Gasteiger partial charge in [0.15, 0.2) is 0 Å². The number of nitrogens with one attached hydrogen (secondary N) is 1.